The Morgan fingerprint density at radius 3 is 3.15 bits per heavy atom. The molecular weight excluding hydrogens is 328 g/mol. The maximum atomic E-state index is 12.1. The summed E-state index contributed by atoms with van der Waals surface area (Å²) in [7, 11) is 1.88. The van der Waals surface area contributed by atoms with Crippen LogP contribution in [0.25, 0.3) is 0 Å². The van der Waals surface area contributed by atoms with Crippen LogP contribution in [0.3, 0.4) is 0 Å². The highest BCUT2D eigenvalue weighted by atomic mass is 79.9. The number of ether oxygens (including phenoxy) is 1. The molecule has 1 atom stereocenters. The van der Waals surface area contributed by atoms with Gasteiger partial charge in [0.25, 0.3) is 5.56 Å². The van der Waals surface area contributed by atoms with Crippen molar-refractivity contribution in [2.45, 2.75) is 12.6 Å². The van der Waals surface area contributed by atoms with E-state index in [4.69, 9.17) is 9.84 Å². The molecule has 2 heterocycles. The standard InChI is InChI=1S/C12H19BrN4O3/c1-14-6-9-8-16(3-5-20-9)10-7-15-17(2-4-18)12(19)11(10)13/h7,9,14,18H,2-6,8H2,1H3. The fourth-order valence-electron chi connectivity index (χ4n) is 2.22. The van der Waals surface area contributed by atoms with Crippen molar-refractivity contribution in [3.8, 4) is 0 Å². The lowest BCUT2D eigenvalue weighted by Crippen LogP contribution is -2.47. The number of likely N-dealkylation sites (N-methyl/N-ethyl adjacent to an activating group) is 1. The Hall–Kier alpha value is -0.960. The molecule has 1 unspecified atom stereocenters. The van der Waals surface area contributed by atoms with Crippen molar-refractivity contribution >= 4 is 21.6 Å². The first kappa shape index (κ1) is 15.4. The quantitative estimate of drug-likeness (QED) is 0.742. The molecule has 2 N–H and O–H groups in total. The lowest BCUT2D eigenvalue weighted by Gasteiger charge is -2.34. The van der Waals surface area contributed by atoms with Gasteiger partial charge in [-0.25, -0.2) is 4.68 Å². The molecule has 0 spiro atoms. The highest BCUT2D eigenvalue weighted by Crippen LogP contribution is 2.23. The second kappa shape index (κ2) is 7.16. The van der Waals surface area contributed by atoms with E-state index in [1.807, 2.05) is 7.05 Å². The average Bonchev–Trinajstić information content (AvgIpc) is 2.45. The van der Waals surface area contributed by atoms with Crippen LogP contribution in [0.1, 0.15) is 0 Å². The number of hydrogen-bond acceptors (Lipinski definition) is 6. The summed E-state index contributed by atoms with van der Waals surface area (Å²) in [5, 5.41) is 16.1. The van der Waals surface area contributed by atoms with E-state index in [9.17, 15) is 4.79 Å². The lowest BCUT2D eigenvalue weighted by atomic mass is 10.2. The molecule has 2 rings (SSSR count). The van der Waals surface area contributed by atoms with E-state index in [2.05, 4.69) is 31.2 Å². The molecule has 0 amide bonds. The monoisotopic (exact) mass is 346 g/mol. The van der Waals surface area contributed by atoms with E-state index in [0.29, 0.717) is 17.6 Å². The Balaban J connectivity index is 2.20. The molecule has 1 fully saturated rings. The minimum absolute atomic E-state index is 0.0977. The molecule has 1 aromatic heterocycles. The van der Waals surface area contributed by atoms with Gasteiger partial charge in [0.05, 0.1) is 37.7 Å². The van der Waals surface area contributed by atoms with E-state index >= 15 is 0 Å². The summed E-state index contributed by atoms with van der Waals surface area (Å²) in [5.74, 6) is 0. The van der Waals surface area contributed by atoms with Gasteiger partial charge in [0.2, 0.25) is 0 Å². The largest absolute Gasteiger partial charge is 0.394 e. The lowest BCUT2D eigenvalue weighted by molar-refractivity contribution is 0.0421. The summed E-state index contributed by atoms with van der Waals surface area (Å²) in [5.41, 5.74) is 0.543. The van der Waals surface area contributed by atoms with Crippen molar-refractivity contribution in [2.75, 3.05) is 44.8 Å². The topological polar surface area (TPSA) is 79.6 Å². The summed E-state index contributed by atoms with van der Waals surface area (Å²) in [6, 6.07) is 0. The molecule has 0 aliphatic carbocycles. The van der Waals surface area contributed by atoms with Crippen molar-refractivity contribution in [1.82, 2.24) is 15.1 Å². The Labute approximate surface area is 125 Å². The summed E-state index contributed by atoms with van der Waals surface area (Å²) in [6.45, 7) is 2.92. The van der Waals surface area contributed by atoms with Crippen molar-refractivity contribution in [1.29, 1.82) is 0 Å². The van der Waals surface area contributed by atoms with Crippen LogP contribution in [0.5, 0.6) is 0 Å². The molecule has 1 aromatic rings. The first-order valence-corrected chi connectivity index (χ1v) is 7.34. The molecule has 1 saturated heterocycles. The number of aromatic nitrogens is 2. The van der Waals surface area contributed by atoms with E-state index < -0.39 is 0 Å². The van der Waals surface area contributed by atoms with Gasteiger partial charge in [0.15, 0.2) is 0 Å². The summed E-state index contributed by atoms with van der Waals surface area (Å²) >= 11 is 3.34. The zero-order valence-corrected chi connectivity index (χ0v) is 13.0. The molecule has 0 bridgehead atoms. The normalized spacial score (nSPS) is 19.4. The molecular formula is C12H19BrN4O3. The van der Waals surface area contributed by atoms with Crippen LogP contribution in [0.2, 0.25) is 0 Å². The maximum Gasteiger partial charge on any atom is 0.283 e. The Bertz CT molecular complexity index is 506. The Morgan fingerprint density at radius 2 is 2.45 bits per heavy atom. The van der Waals surface area contributed by atoms with Crippen LogP contribution in [0.4, 0.5) is 5.69 Å². The third-order valence-electron chi connectivity index (χ3n) is 3.19. The summed E-state index contributed by atoms with van der Waals surface area (Å²) in [4.78, 5) is 14.2. The molecule has 8 heteroatoms. The number of nitrogens with zero attached hydrogens (tertiary/aromatic N) is 3. The summed E-state index contributed by atoms with van der Waals surface area (Å²) < 4.78 is 7.37. The van der Waals surface area contributed by atoms with Crippen LogP contribution in [0.15, 0.2) is 15.5 Å². The molecule has 112 valence electrons. The van der Waals surface area contributed by atoms with E-state index in [0.717, 1.165) is 18.8 Å². The molecule has 0 saturated carbocycles. The van der Waals surface area contributed by atoms with E-state index in [-0.39, 0.29) is 24.8 Å². The van der Waals surface area contributed by atoms with Gasteiger partial charge in [-0.3, -0.25) is 4.79 Å². The minimum atomic E-state index is -0.229. The highest BCUT2D eigenvalue weighted by Gasteiger charge is 2.23. The zero-order chi connectivity index (χ0) is 14.5. The average molecular weight is 347 g/mol. The molecule has 1 aliphatic rings. The molecule has 20 heavy (non-hydrogen) atoms. The van der Waals surface area contributed by atoms with Gasteiger partial charge in [0.1, 0.15) is 4.47 Å². The van der Waals surface area contributed by atoms with Crippen LogP contribution in [-0.2, 0) is 11.3 Å². The maximum absolute atomic E-state index is 12.1. The molecule has 0 aromatic carbocycles. The number of hydrogen-bond donors (Lipinski definition) is 2. The predicted octanol–water partition coefficient (Wildman–Crippen LogP) is -0.577. The van der Waals surface area contributed by atoms with E-state index in [1.54, 1.807) is 6.20 Å². The predicted molar refractivity (Wildman–Crippen MR) is 79.2 cm³/mol. The second-order valence-electron chi connectivity index (χ2n) is 4.59. The van der Waals surface area contributed by atoms with Crippen LogP contribution >= 0.6 is 15.9 Å². The Morgan fingerprint density at radius 1 is 1.65 bits per heavy atom. The van der Waals surface area contributed by atoms with Gasteiger partial charge in [-0.15, -0.1) is 0 Å². The molecule has 1 aliphatic heterocycles. The number of morpholine rings is 1. The zero-order valence-electron chi connectivity index (χ0n) is 11.4. The van der Waals surface area contributed by atoms with Gasteiger partial charge in [-0.1, -0.05) is 0 Å². The Kier molecular flexibility index (Phi) is 5.53. The first-order valence-electron chi connectivity index (χ1n) is 6.55. The number of aliphatic hydroxyl groups is 1. The first-order chi connectivity index (χ1) is 9.67. The minimum Gasteiger partial charge on any atom is -0.394 e. The van der Waals surface area contributed by atoms with Crippen molar-refractivity contribution < 1.29 is 9.84 Å². The second-order valence-corrected chi connectivity index (χ2v) is 5.39. The van der Waals surface area contributed by atoms with Crippen LogP contribution in [-0.4, -0.2) is 60.9 Å². The van der Waals surface area contributed by atoms with Gasteiger partial charge < -0.3 is 20.1 Å². The van der Waals surface area contributed by atoms with Crippen LogP contribution in [0, 0.1) is 0 Å². The van der Waals surface area contributed by atoms with Crippen molar-refractivity contribution in [3.05, 3.63) is 21.0 Å². The third-order valence-corrected chi connectivity index (χ3v) is 3.93. The SMILES string of the molecule is CNCC1CN(c2cnn(CCO)c(=O)c2Br)CCO1. The number of halogens is 1. The van der Waals surface area contributed by atoms with Crippen molar-refractivity contribution in [2.24, 2.45) is 0 Å². The number of aliphatic hydroxyl groups excluding tert-OH is 1. The van der Waals surface area contributed by atoms with Gasteiger partial charge in [-0.05, 0) is 23.0 Å². The third kappa shape index (κ3) is 3.38. The highest BCUT2D eigenvalue weighted by molar-refractivity contribution is 9.10. The smallest absolute Gasteiger partial charge is 0.283 e. The number of rotatable bonds is 5. The number of anilines is 1. The fourth-order valence-corrected chi connectivity index (χ4v) is 2.78. The summed E-state index contributed by atoms with van der Waals surface area (Å²) in [6.07, 6.45) is 1.75. The van der Waals surface area contributed by atoms with Gasteiger partial charge in [-0.2, -0.15) is 5.10 Å². The van der Waals surface area contributed by atoms with E-state index in [1.165, 1.54) is 4.68 Å². The van der Waals surface area contributed by atoms with Crippen LogP contribution < -0.4 is 15.8 Å². The van der Waals surface area contributed by atoms with Gasteiger partial charge in [0, 0.05) is 19.6 Å². The fraction of sp³-hybridized carbons (Fsp3) is 0.667. The molecule has 7 nitrogen and oxygen atoms in total. The van der Waals surface area contributed by atoms with Crippen molar-refractivity contribution in [3.63, 3.8) is 0 Å². The molecule has 0 radical (unpaired) electrons. The number of nitrogens with one attached hydrogen (secondary N) is 1. The van der Waals surface area contributed by atoms with Gasteiger partial charge >= 0.3 is 0 Å².